The van der Waals surface area contributed by atoms with Crippen LogP contribution >= 0.6 is 0 Å². The number of nitrogens with zero attached hydrogens (tertiary/aromatic N) is 4. The van der Waals surface area contributed by atoms with E-state index in [1.54, 1.807) is 26.0 Å². The maximum atomic E-state index is 12.7. The number of phenolic OH excluding ortho intramolecular Hbond substituents is 6. The molecule has 0 bridgehead atoms. The number of aliphatic hydroxyl groups is 1. The number of imide groups is 4. The number of aliphatic hydroxyl groups excluding tert-OH is 1. The van der Waals surface area contributed by atoms with E-state index < -0.39 is 101 Å². The van der Waals surface area contributed by atoms with Crippen molar-refractivity contribution in [2.45, 2.75) is 130 Å². The van der Waals surface area contributed by atoms with Crippen LogP contribution in [0.4, 0.5) is 9.59 Å². The zero-order chi connectivity index (χ0) is 76.5. The van der Waals surface area contributed by atoms with Crippen molar-refractivity contribution in [1.82, 2.24) is 20.3 Å². The van der Waals surface area contributed by atoms with Gasteiger partial charge in [-0.1, -0.05) is 61.1 Å². The summed E-state index contributed by atoms with van der Waals surface area (Å²) in [5.74, 6) is -10.9. The van der Waals surface area contributed by atoms with Crippen molar-refractivity contribution in [2.24, 2.45) is 35.3 Å². The molecule has 0 saturated carbocycles. The quantitative estimate of drug-likeness (QED) is 0.0129. The molecule has 9 N–H and O–H groups in total. The predicted octanol–water partition coefficient (Wildman–Crippen LogP) is 3.08. The Labute approximate surface area is 582 Å². The summed E-state index contributed by atoms with van der Waals surface area (Å²) in [6.45, 7) is 7.42. The van der Waals surface area contributed by atoms with Crippen LogP contribution in [0.1, 0.15) is 121 Å². The van der Waals surface area contributed by atoms with Crippen molar-refractivity contribution < 1.29 is 156 Å². The number of phenols is 6. The molecule has 7 rings (SSSR count). The predicted molar refractivity (Wildman–Crippen MR) is 338 cm³/mol. The van der Waals surface area contributed by atoms with E-state index in [2.05, 4.69) is 29.0 Å². The van der Waals surface area contributed by atoms with Gasteiger partial charge in [-0.05, 0) is 90.1 Å². The molecule has 3 aromatic carbocycles. The molecular formula is C65H83N5O32. The van der Waals surface area contributed by atoms with Crippen molar-refractivity contribution in [3.63, 3.8) is 0 Å². The van der Waals surface area contributed by atoms with Gasteiger partial charge < -0.3 is 65.3 Å². The highest BCUT2D eigenvalue weighted by atomic mass is 17.2. The summed E-state index contributed by atoms with van der Waals surface area (Å²) < 4.78 is 19.3. The van der Waals surface area contributed by atoms with Crippen LogP contribution in [0.25, 0.3) is 0 Å². The van der Waals surface area contributed by atoms with Crippen molar-refractivity contribution in [1.29, 1.82) is 0 Å². The van der Waals surface area contributed by atoms with Crippen LogP contribution in [0, 0.1) is 29.6 Å². The van der Waals surface area contributed by atoms with Crippen molar-refractivity contribution in [3.05, 3.63) is 71.3 Å². The molecule has 37 nitrogen and oxygen atoms in total. The number of nitrogens with two attached hydrogens (primary N) is 1. The van der Waals surface area contributed by atoms with Gasteiger partial charge in [0.2, 0.25) is 0 Å². The lowest BCUT2D eigenvalue weighted by molar-refractivity contribution is -0.279. The molecule has 3 aromatic rings. The normalized spacial score (nSPS) is 15.4. The summed E-state index contributed by atoms with van der Waals surface area (Å²) >= 11 is 0. The summed E-state index contributed by atoms with van der Waals surface area (Å²) in [6, 6.07) is 12.1. The maximum Gasteiger partial charge on any atom is 0.560 e. The lowest BCUT2D eigenvalue weighted by Gasteiger charge is -2.18. The number of ether oxygens (including phenoxy) is 4. The number of esters is 3. The van der Waals surface area contributed by atoms with Gasteiger partial charge in [-0.3, -0.25) is 72.0 Å². The third-order valence-corrected chi connectivity index (χ3v) is 14.2. The minimum atomic E-state index is -1.48. The second kappa shape index (κ2) is 42.8. The summed E-state index contributed by atoms with van der Waals surface area (Å²) in [5, 5.41) is 66.1. The molecule has 560 valence electrons. The van der Waals surface area contributed by atoms with E-state index in [0.717, 1.165) is 0 Å². The lowest BCUT2D eigenvalue weighted by Crippen LogP contribution is -2.37. The second-order valence-electron chi connectivity index (χ2n) is 23.4. The minimum absolute atomic E-state index is 0.00937. The van der Waals surface area contributed by atoms with E-state index in [0.29, 0.717) is 45.8 Å². The molecule has 0 spiro atoms. The summed E-state index contributed by atoms with van der Waals surface area (Å²) in [6.07, 6.45) is -2.53. The Morgan fingerprint density at radius 1 is 0.431 bits per heavy atom. The number of hydrogen-bond donors (Lipinski definition) is 8. The van der Waals surface area contributed by atoms with Crippen molar-refractivity contribution in [2.75, 3.05) is 47.8 Å². The first kappa shape index (κ1) is 85.2. The second-order valence-corrected chi connectivity index (χ2v) is 23.4. The third-order valence-electron chi connectivity index (χ3n) is 14.2. The van der Waals surface area contributed by atoms with Gasteiger partial charge in [-0.2, -0.15) is 4.79 Å². The number of carbonyl (C=O) groups excluding carboxylic acids is 15. The Morgan fingerprint density at radius 3 is 1.18 bits per heavy atom. The lowest BCUT2D eigenvalue weighted by atomic mass is 9.92. The Bertz CT molecular complexity index is 3380. The van der Waals surface area contributed by atoms with E-state index >= 15 is 0 Å². The Balaban J connectivity index is 0.000000367. The van der Waals surface area contributed by atoms with Crippen molar-refractivity contribution >= 4 is 89.2 Å². The number of Topliss-reactive ketones (excluding diaryl/α,β-unsaturated/α-hetero) is 1. The molecule has 0 aromatic heterocycles. The SMILES string of the molecule is CC(C)CO.CC(COC(=O)ON1C(=O)CCC1=O)CC(=O)ON1C(=O)CCC1=O.COC(=O)C(N)Cc1ccc(O)c(O)c1.COOCC(CC(=O)CC(C)COC(=O)CC(Cc1ccc(O)c(O)c1)C(=O)OC)Cc1ccc(O)c(O)c1.O=C(ON1C(=O)CCC1=O)ON1C(=O)CCC1=O. The first-order valence-electron chi connectivity index (χ1n) is 31.4. The molecule has 102 heavy (non-hydrogen) atoms. The number of rotatable bonds is 28. The fourth-order valence-electron chi connectivity index (χ4n) is 8.89. The van der Waals surface area contributed by atoms with Crippen LogP contribution < -0.4 is 5.73 Å². The molecule has 4 aliphatic heterocycles. The fourth-order valence-corrected chi connectivity index (χ4v) is 8.89. The molecule has 4 heterocycles. The van der Waals surface area contributed by atoms with Gasteiger partial charge in [0, 0.05) is 76.7 Å². The molecule has 4 fully saturated rings. The van der Waals surface area contributed by atoms with Gasteiger partial charge in [0.15, 0.2) is 34.5 Å². The largest absolute Gasteiger partial charge is 0.560 e. The molecule has 37 heteroatoms. The first-order valence-corrected chi connectivity index (χ1v) is 31.4. The van der Waals surface area contributed by atoms with Crippen LogP contribution in [-0.2, 0) is 130 Å². The summed E-state index contributed by atoms with van der Waals surface area (Å²) in [4.78, 5) is 200. The minimum Gasteiger partial charge on any atom is -0.504 e. The average Bonchev–Trinajstić information content (AvgIpc) is 1.64. The monoisotopic (exact) mass is 1450 g/mol. The number of carbonyl (C=O) groups is 15. The number of amides is 8. The van der Waals surface area contributed by atoms with Gasteiger partial charge in [0.25, 0.3) is 47.3 Å². The zero-order valence-corrected chi connectivity index (χ0v) is 56.8. The molecule has 0 aliphatic carbocycles. The smallest absolute Gasteiger partial charge is 0.504 e. The van der Waals surface area contributed by atoms with Crippen molar-refractivity contribution in [3.8, 4) is 34.5 Å². The number of aromatic hydroxyl groups is 6. The highest BCUT2D eigenvalue weighted by Crippen LogP contribution is 2.30. The van der Waals surface area contributed by atoms with Gasteiger partial charge in [-0.25, -0.2) is 19.4 Å². The zero-order valence-electron chi connectivity index (χ0n) is 56.8. The number of methoxy groups -OCH3 is 2. The molecule has 4 saturated heterocycles. The number of benzene rings is 3. The molecule has 5 atom stereocenters. The van der Waals surface area contributed by atoms with Crippen LogP contribution in [0.5, 0.6) is 34.5 Å². The van der Waals surface area contributed by atoms with Gasteiger partial charge in [0.1, 0.15) is 11.8 Å². The molecule has 8 amide bonds. The van der Waals surface area contributed by atoms with Gasteiger partial charge in [-0.15, -0.1) is 5.06 Å². The summed E-state index contributed by atoms with van der Waals surface area (Å²) in [7, 11) is 3.83. The number of hydrogen-bond acceptors (Lipinski definition) is 33. The topological polar surface area (TPSA) is 529 Å². The van der Waals surface area contributed by atoms with Crippen LogP contribution in [0.2, 0.25) is 0 Å². The average molecular weight is 1450 g/mol. The molecule has 5 unspecified atom stereocenters. The van der Waals surface area contributed by atoms with E-state index in [9.17, 15) is 97.5 Å². The Kier molecular flexibility index (Phi) is 35.7. The number of ketones is 1. The van der Waals surface area contributed by atoms with E-state index in [4.69, 9.17) is 35.0 Å². The third kappa shape index (κ3) is 29.8. The Hall–Kier alpha value is -11.0. The van der Waals surface area contributed by atoms with Gasteiger partial charge in [0.05, 0.1) is 59.9 Å². The van der Waals surface area contributed by atoms with E-state index in [1.165, 1.54) is 63.8 Å². The van der Waals surface area contributed by atoms with Crippen LogP contribution in [0.3, 0.4) is 0 Å². The van der Waals surface area contributed by atoms with Crippen LogP contribution in [-0.4, -0.2) is 199 Å². The molecular weight excluding hydrogens is 1360 g/mol. The highest BCUT2D eigenvalue weighted by Gasteiger charge is 2.39. The van der Waals surface area contributed by atoms with Gasteiger partial charge >= 0.3 is 36.2 Å². The molecule has 4 aliphatic rings. The molecule has 0 radical (unpaired) electrons. The fraction of sp³-hybridized carbons (Fsp3) is 0.492. The number of hydroxylamine groups is 8. The van der Waals surface area contributed by atoms with E-state index in [-0.39, 0.29) is 172 Å². The first-order chi connectivity index (χ1) is 48.1. The standard InChI is InChI=1S/C28H36O11.C14H16N2O9.C10H13NO4.C9H8N2O7.C4H10O/c1-17(8-22(29)11-20(16-39-37-3)9-18-4-6-23(30)25(32)12-18)15-38-27(34)14-21(28(35)36-2)10-19-5-7-24(31)26(33)13-19;1-8(6-13(21)24-15-9(17)2-3-10(15)18)7-23-14(22)25-16-11(19)4-5-12(16)20;1-15-10(14)7(11)4-6-2-3-8(12)9(13)5-6;12-5-1-2-6(13)10(5)17-9(16)18-11-7(14)3-4-8(11)15;1-4(2)3-5/h4-7,12-13,17,20-21,30-33H,8-11,14-16H2,1-3H3;8H,2-7H2,1H3;2-3,5,7,12-13H,4,11H2,1H3;1-4H2;4-5H,3H2,1-2H3. The van der Waals surface area contributed by atoms with E-state index in [1.807, 2.05) is 13.8 Å². The Morgan fingerprint density at radius 2 is 0.794 bits per heavy atom. The van der Waals surface area contributed by atoms with Crippen LogP contribution in [0.15, 0.2) is 54.6 Å². The highest BCUT2D eigenvalue weighted by molar-refractivity contribution is 6.03. The maximum absolute atomic E-state index is 12.7. The summed E-state index contributed by atoms with van der Waals surface area (Å²) in [5.41, 5.74) is 7.43.